The summed E-state index contributed by atoms with van der Waals surface area (Å²) < 4.78 is 0. The largest absolute Gasteiger partial charge is 0.481 e. The average molecular weight is 223 g/mol. The van der Waals surface area contributed by atoms with Crippen molar-refractivity contribution in [1.29, 1.82) is 0 Å². The van der Waals surface area contributed by atoms with Crippen LogP contribution in [0, 0.1) is 17.8 Å². The van der Waals surface area contributed by atoms with Crippen molar-refractivity contribution in [2.45, 2.75) is 12.0 Å². The summed E-state index contributed by atoms with van der Waals surface area (Å²) in [5, 5.41) is 18.2. The van der Waals surface area contributed by atoms with Crippen LogP contribution in [-0.4, -0.2) is 33.8 Å². The molecule has 0 spiro atoms. The summed E-state index contributed by atoms with van der Waals surface area (Å²) in [7, 11) is 0. The number of hydrogen-bond donors (Lipinski definition) is 2. The third-order valence-electron chi connectivity index (χ3n) is 3.42. The van der Waals surface area contributed by atoms with Crippen molar-refractivity contribution in [1.82, 2.24) is 0 Å². The molecule has 84 valence electrons. The van der Waals surface area contributed by atoms with Crippen LogP contribution in [0.2, 0.25) is 0 Å². The van der Waals surface area contributed by atoms with Gasteiger partial charge in [0.2, 0.25) is 6.08 Å². The van der Waals surface area contributed by atoms with E-state index in [-0.39, 0.29) is 5.92 Å². The SMILES string of the molecule is O=C=NC1(C(=O)O)C2C=CC(C2)C1C(=O)O. The van der Waals surface area contributed by atoms with E-state index in [4.69, 9.17) is 10.2 Å². The van der Waals surface area contributed by atoms with E-state index < -0.39 is 29.3 Å². The van der Waals surface area contributed by atoms with E-state index in [1.807, 2.05) is 0 Å². The minimum atomic E-state index is -1.87. The van der Waals surface area contributed by atoms with Gasteiger partial charge >= 0.3 is 11.9 Å². The minimum Gasteiger partial charge on any atom is -0.481 e. The Kier molecular flexibility index (Phi) is 2.17. The molecule has 0 aromatic rings. The zero-order valence-corrected chi connectivity index (χ0v) is 8.16. The van der Waals surface area contributed by atoms with Gasteiger partial charge in [-0.1, -0.05) is 12.2 Å². The lowest BCUT2D eigenvalue weighted by molar-refractivity contribution is -0.156. The fourth-order valence-electron chi connectivity index (χ4n) is 2.80. The first kappa shape index (κ1) is 10.6. The van der Waals surface area contributed by atoms with Crippen LogP contribution < -0.4 is 0 Å². The molecule has 16 heavy (non-hydrogen) atoms. The Hall–Kier alpha value is -1.94. The lowest BCUT2D eigenvalue weighted by atomic mass is 9.76. The maximum absolute atomic E-state index is 11.2. The molecule has 1 saturated carbocycles. The number of isocyanates is 1. The van der Waals surface area contributed by atoms with Gasteiger partial charge in [-0.15, -0.1) is 0 Å². The summed E-state index contributed by atoms with van der Waals surface area (Å²) >= 11 is 0. The fourth-order valence-corrected chi connectivity index (χ4v) is 2.80. The Balaban J connectivity index is 2.58. The Morgan fingerprint density at radius 2 is 2.06 bits per heavy atom. The van der Waals surface area contributed by atoms with Crippen LogP contribution in [0.25, 0.3) is 0 Å². The number of nitrogens with zero attached hydrogens (tertiary/aromatic N) is 1. The quantitative estimate of drug-likeness (QED) is 0.399. The van der Waals surface area contributed by atoms with Crippen molar-refractivity contribution in [2.75, 3.05) is 0 Å². The molecule has 0 heterocycles. The molecule has 2 aliphatic rings. The van der Waals surface area contributed by atoms with Crippen LogP contribution in [0.15, 0.2) is 17.1 Å². The summed E-state index contributed by atoms with van der Waals surface area (Å²) in [5.41, 5.74) is -1.87. The van der Waals surface area contributed by atoms with E-state index >= 15 is 0 Å². The predicted molar refractivity (Wildman–Crippen MR) is 50.4 cm³/mol. The van der Waals surface area contributed by atoms with E-state index in [0.29, 0.717) is 6.42 Å². The molecule has 0 aliphatic heterocycles. The van der Waals surface area contributed by atoms with E-state index in [9.17, 15) is 14.4 Å². The van der Waals surface area contributed by atoms with Crippen LogP contribution in [0.1, 0.15) is 6.42 Å². The smallest absolute Gasteiger partial charge is 0.334 e. The van der Waals surface area contributed by atoms with Crippen LogP contribution in [0.5, 0.6) is 0 Å². The second-order valence-electron chi connectivity index (χ2n) is 4.04. The van der Waals surface area contributed by atoms with Crippen molar-refractivity contribution in [3.05, 3.63) is 12.2 Å². The summed E-state index contributed by atoms with van der Waals surface area (Å²) in [6.07, 6.45) is 4.92. The zero-order valence-electron chi connectivity index (χ0n) is 8.16. The molecule has 2 rings (SSSR count). The van der Waals surface area contributed by atoms with Crippen molar-refractivity contribution in [3.63, 3.8) is 0 Å². The monoisotopic (exact) mass is 223 g/mol. The second kappa shape index (κ2) is 3.28. The van der Waals surface area contributed by atoms with Crippen molar-refractivity contribution in [2.24, 2.45) is 22.7 Å². The molecule has 2 bridgehead atoms. The number of carbonyl (C=O) groups is 2. The fraction of sp³-hybridized carbons (Fsp3) is 0.500. The third-order valence-corrected chi connectivity index (χ3v) is 3.42. The maximum atomic E-state index is 11.2. The molecule has 0 radical (unpaired) electrons. The van der Waals surface area contributed by atoms with E-state index in [2.05, 4.69) is 4.99 Å². The first-order chi connectivity index (χ1) is 7.54. The molecule has 0 saturated heterocycles. The van der Waals surface area contributed by atoms with Gasteiger partial charge in [-0.2, -0.15) is 4.99 Å². The molecule has 0 aromatic carbocycles. The topological polar surface area (TPSA) is 104 Å². The zero-order chi connectivity index (χ0) is 11.9. The normalized spacial score (nSPS) is 39.4. The lowest BCUT2D eigenvalue weighted by Crippen LogP contribution is -2.50. The number of rotatable bonds is 3. The molecular weight excluding hydrogens is 214 g/mol. The van der Waals surface area contributed by atoms with E-state index in [0.717, 1.165) is 0 Å². The highest BCUT2D eigenvalue weighted by atomic mass is 16.4. The first-order valence-corrected chi connectivity index (χ1v) is 4.77. The average Bonchev–Trinajstić information content (AvgIpc) is 2.76. The summed E-state index contributed by atoms with van der Waals surface area (Å²) in [6, 6.07) is 0. The van der Waals surface area contributed by atoms with Gasteiger partial charge in [0.1, 0.15) is 5.92 Å². The molecule has 4 atom stereocenters. The van der Waals surface area contributed by atoms with Gasteiger partial charge < -0.3 is 10.2 Å². The Labute approximate surface area is 90.3 Å². The van der Waals surface area contributed by atoms with Gasteiger partial charge in [0.15, 0.2) is 5.54 Å². The maximum Gasteiger partial charge on any atom is 0.334 e. The van der Waals surface area contributed by atoms with Crippen molar-refractivity contribution in [3.8, 4) is 0 Å². The number of hydrogen-bond acceptors (Lipinski definition) is 4. The van der Waals surface area contributed by atoms with Crippen LogP contribution in [0.4, 0.5) is 0 Å². The third kappa shape index (κ3) is 1.07. The Bertz CT molecular complexity index is 432. The molecule has 0 amide bonds. The molecule has 0 aromatic heterocycles. The van der Waals surface area contributed by atoms with Crippen LogP contribution in [-0.2, 0) is 14.4 Å². The number of carbonyl (C=O) groups excluding carboxylic acids is 1. The first-order valence-electron chi connectivity index (χ1n) is 4.77. The Morgan fingerprint density at radius 1 is 1.38 bits per heavy atom. The van der Waals surface area contributed by atoms with Crippen LogP contribution in [0.3, 0.4) is 0 Å². The predicted octanol–water partition coefficient (Wildman–Crippen LogP) is 0.0523. The summed E-state index contributed by atoms with van der Waals surface area (Å²) in [5.74, 6) is -4.69. The standard InChI is InChI=1S/C10H9NO5/c12-4-11-10(9(15)16)6-2-1-5(3-6)7(10)8(13)14/h1-2,5-7H,3H2,(H,13,14)(H,15,16). The van der Waals surface area contributed by atoms with Gasteiger partial charge in [0.25, 0.3) is 0 Å². The summed E-state index contributed by atoms with van der Waals surface area (Å²) in [4.78, 5) is 36.0. The number of allylic oxidation sites excluding steroid dienone is 1. The van der Waals surface area contributed by atoms with E-state index in [1.54, 1.807) is 12.2 Å². The van der Waals surface area contributed by atoms with Crippen molar-refractivity contribution >= 4 is 18.0 Å². The number of carboxylic acid groups (broad SMARTS) is 2. The van der Waals surface area contributed by atoms with E-state index in [1.165, 1.54) is 6.08 Å². The number of aliphatic imine (C=N–C) groups is 1. The van der Waals surface area contributed by atoms with Gasteiger partial charge in [-0.05, 0) is 12.3 Å². The molecule has 2 N–H and O–H groups in total. The molecule has 1 fully saturated rings. The lowest BCUT2D eigenvalue weighted by Gasteiger charge is -2.30. The summed E-state index contributed by atoms with van der Waals surface area (Å²) in [6.45, 7) is 0. The van der Waals surface area contributed by atoms with Crippen LogP contribution >= 0.6 is 0 Å². The number of fused-ring (bicyclic) bond motifs is 2. The highest BCUT2D eigenvalue weighted by Gasteiger charge is 2.64. The highest BCUT2D eigenvalue weighted by Crippen LogP contribution is 2.52. The van der Waals surface area contributed by atoms with Gasteiger partial charge in [0.05, 0.1) is 0 Å². The van der Waals surface area contributed by atoms with Crippen molar-refractivity contribution < 1.29 is 24.6 Å². The molecule has 6 heteroatoms. The molecular formula is C10H9NO5. The molecule has 2 aliphatic carbocycles. The highest BCUT2D eigenvalue weighted by molar-refractivity contribution is 5.90. The van der Waals surface area contributed by atoms with Gasteiger partial charge in [-0.25, -0.2) is 9.59 Å². The van der Waals surface area contributed by atoms with Gasteiger partial charge in [-0.3, -0.25) is 4.79 Å². The molecule has 6 nitrogen and oxygen atoms in total. The number of aliphatic carboxylic acids is 2. The second-order valence-corrected chi connectivity index (χ2v) is 4.04. The number of carboxylic acids is 2. The van der Waals surface area contributed by atoms with Gasteiger partial charge in [0, 0.05) is 5.92 Å². The minimum absolute atomic E-state index is 0.365. The Morgan fingerprint density at radius 3 is 2.56 bits per heavy atom. The molecule has 4 unspecified atom stereocenters.